The second-order valence-electron chi connectivity index (χ2n) is 5.65. The van der Waals surface area contributed by atoms with Crippen molar-refractivity contribution in [3.8, 4) is 0 Å². The minimum absolute atomic E-state index is 0.0135. The fourth-order valence-corrected chi connectivity index (χ4v) is 4.02. The molecule has 0 aliphatic carbocycles. The Morgan fingerprint density at radius 2 is 2.23 bits per heavy atom. The molecule has 1 heterocycles. The zero-order chi connectivity index (χ0) is 16.2. The van der Waals surface area contributed by atoms with E-state index in [0.717, 1.165) is 18.4 Å². The fraction of sp³-hybridized carbons (Fsp3) is 0.533. The highest BCUT2D eigenvalue weighted by Crippen LogP contribution is 2.17. The summed E-state index contributed by atoms with van der Waals surface area (Å²) in [5.74, 6) is -0.669. The van der Waals surface area contributed by atoms with Crippen molar-refractivity contribution in [2.45, 2.75) is 26.2 Å². The van der Waals surface area contributed by atoms with E-state index in [1.54, 1.807) is 18.2 Å². The molecule has 0 radical (unpaired) electrons. The van der Waals surface area contributed by atoms with Crippen molar-refractivity contribution >= 4 is 27.5 Å². The van der Waals surface area contributed by atoms with Crippen LogP contribution < -0.4 is 4.72 Å². The van der Waals surface area contributed by atoms with Crippen LogP contribution >= 0.6 is 11.6 Å². The number of sulfonamides is 1. The van der Waals surface area contributed by atoms with Crippen LogP contribution in [0.15, 0.2) is 18.2 Å². The van der Waals surface area contributed by atoms with Gasteiger partial charge in [0.15, 0.2) is 0 Å². The first-order chi connectivity index (χ1) is 10.4. The van der Waals surface area contributed by atoms with Crippen molar-refractivity contribution in [3.05, 3.63) is 34.3 Å². The lowest BCUT2D eigenvalue weighted by molar-refractivity contribution is -0.118. The summed E-state index contributed by atoms with van der Waals surface area (Å²) < 4.78 is 31.4. The molecule has 1 aliphatic rings. The third-order valence-electron chi connectivity index (χ3n) is 3.58. The van der Waals surface area contributed by atoms with E-state index in [0.29, 0.717) is 23.8 Å². The number of aryl methyl sites for hydroxylation is 1. The molecule has 2 rings (SSSR count). The van der Waals surface area contributed by atoms with Crippen molar-refractivity contribution in [1.82, 2.24) is 4.72 Å². The average molecular weight is 346 g/mol. The number of carbonyl (C=O) groups excluding carboxylic acids is 1. The number of nitrogens with one attached hydrogen (secondary N) is 1. The Labute approximate surface area is 136 Å². The van der Waals surface area contributed by atoms with Crippen molar-refractivity contribution in [1.29, 1.82) is 0 Å². The number of carbonyl (C=O) groups is 1. The Hall–Kier alpha value is -1.11. The number of amides is 1. The molecule has 1 amide bonds. The van der Waals surface area contributed by atoms with Crippen LogP contribution in [0, 0.1) is 12.8 Å². The summed E-state index contributed by atoms with van der Waals surface area (Å²) in [7, 11) is -3.63. The third-order valence-corrected chi connectivity index (χ3v) is 5.44. The minimum atomic E-state index is -3.63. The summed E-state index contributed by atoms with van der Waals surface area (Å²) in [6.07, 6.45) is 1.65. The van der Waals surface area contributed by atoms with Crippen LogP contribution in [0.1, 0.15) is 24.0 Å². The first kappa shape index (κ1) is 17.2. The molecule has 122 valence electrons. The number of benzene rings is 1. The highest BCUT2D eigenvalue weighted by atomic mass is 35.5. The van der Waals surface area contributed by atoms with Gasteiger partial charge in [-0.1, -0.05) is 23.7 Å². The predicted octanol–water partition coefficient (Wildman–Crippen LogP) is 2.06. The maximum Gasteiger partial charge on any atom is 0.237 e. The molecule has 1 aromatic rings. The zero-order valence-corrected chi connectivity index (χ0v) is 14.0. The van der Waals surface area contributed by atoms with E-state index in [2.05, 4.69) is 4.72 Å². The van der Waals surface area contributed by atoms with Crippen LogP contribution in [0.4, 0.5) is 0 Å². The normalized spacial score (nSPS) is 18.9. The summed E-state index contributed by atoms with van der Waals surface area (Å²) >= 11 is 6.00. The topological polar surface area (TPSA) is 72.5 Å². The summed E-state index contributed by atoms with van der Waals surface area (Å²) in [6, 6.07) is 5.25. The first-order valence-electron chi connectivity index (χ1n) is 7.22. The smallest absolute Gasteiger partial charge is 0.237 e. The lowest BCUT2D eigenvalue weighted by Gasteiger charge is -2.21. The zero-order valence-electron chi connectivity index (χ0n) is 12.5. The van der Waals surface area contributed by atoms with Crippen molar-refractivity contribution in [3.63, 3.8) is 0 Å². The van der Waals surface area contributed by atoms with Gasteiger partial charge in [0.25, 0.3) is 0 Å². The Morgan fingerprint density at radius 1 is 1.45 bits per heavy atom. The van der Waals surface area contributed by atoms with E-state index >= 15 is 0 Å². The number of halogens is 1. The number of ether oxygens (including phenoxy) is 1. The second kappa shape index (κ2) is 7.44. The molecule has 22 heavy (non-hydrogen) atoms. The highest BCUT2D eigenvalue weighted by Gasteiger charge is 2.23. The SMILES string of the molecule is Cc1ccc(CC(=O)NS(=O)(=O)CC2CCCOC2)cc1Cl. The molecule has 1 atom stereocenters. The van der Waals surface area contributed by atoms with E-state index in [9.17, 15) is 13.2 Å². The van der Waals surface area contributed by atoms with Gasteiger partial charge in [-0.2, -0.15) is 0 Å². The first-order valence-corrected chi connectivity index (χ1v) is 9.25. The molecule has 0 saturated carbocycles. The number of rotatable bonds is 5. The molecule has 0 spiro atoms. The van der Waals surface area contributed by atoms with Gasteiger partial charge in [0.2, 0.25) is 15.9 Å². The van der Waals surface area contributed by atoms with Crippen molar-refractivity contribution in [2.24, 2.45) is 5.92 Å². The number of hydrogen-bond acceptors (Lipinski definition) is 4. The molecule has 7 heteroatoms. The van der Waals surface area contributed by atoms with Gasteiger partial charge in [-0.15, -0.1) is 0 Å². The van der Waals surface area contributed by atoms with Crippen LogP contribution in [0.25, 0.3) is 0 Å². The van der Waals surface area contributed by atoms with Crippen LogP contribution in [-0.2, 0) is 26.0 Å². The van der Waals surface area contributed by atoms with Crippen molar-refractivity contribution < 1.29 is 17.9 Å². The van der Waals surface area contributed by atoms with E-state index in [1.165, 1.54) is 0 Å². The van der Waals surface area contributed by atoms with Crippen LogP contribution in [0.5, 0.6) is 0 Å². The van der Waals surface area contributed by atoms with Gasteiger partial charge in [-0.3, -0.25) is 9.52 Å². The Morgan fingerprint density at radius 3 is 2.86 bits per heavy atom. The Bertz CT molecular complexity index is 639. The predicted molar refractivity (Wildman–Crippen MR) is 85.4 cm³/mol. The van der Waals surface area contributed by atoms with Crippen LogP contribution in [0.2, 0.25) is 5.02 Å². The maximum atomic E-state index is 12.0. The van der Waals surface area contributed by atoms with Gasteiger partial charge < -0.3 is 4.74 Å². The van der Waals surface area contributed by atoms with Crippen molar-refractivity contribution in [2.75, 3.05) is 19.0 Å². The largest absolute Gasteiger partial charge is 0.381 e. The quantitative estimate of drug-likeness (QED) is 0.886. The van der Waals surface area contributed by atoms with Gasteiger partial charge >= 0.3 is 0 Å². The minimum Gasteiger partial charge on any atom is -0.381 e. The number of hydrogen-bond donors (Lipinski definition) is 1. The summed E-state index contributed by atoms with van der Waals surface area (Å²) in [6.45, 7) is 2.97. The van der Waals surface area contributed by atoms with Gasteiger partial charge in [-0.05, 0) is 42.9 Å². The van der Waals surface area contributed by atoms with Gasteiger partial charge in [0, 0.05) is 11.6 Å². The molecule has 1 fully saturated rings. The summed E-state index contributed by atoms with van der Waals surface area (Å²) in [5.41, 5.74) is 1.60. The molecule has 1 N–H and O–H groups in total. The Kier molecular flexibility index (Phi) is 5.83. The Balaban J connectivity index is 1.90. The fourth-order valence-electron chi connectivity index (χ4n) is 2.43. The molecule has 1 saturated heterocycles. The van der Waals surface area contributed by atoms with Crippen LogP contribution in [0.3, 0.4) is 0 Å². The van der Waals surface area contributed by atoms with E-state index in [4.69, 9.17) is 16.3 Å². The standard InChI is InChI=1S/C15H20ClNO4S/c1-11-4-5-12(7-14(11)16)8-15(18)17-22(19,20)10-13-3-2-6-21-9-13/h4-5,7,13H,2-3,6,8-10H2,1H3,(H,17,18). The van der Waals surface area contributed by atoms with Gasteiger partial charge in [0.05, 0.1) is 18.8 Å². The molecule has 5 nitrogen and oxygen atoms in total. The monoisotopic (exact) mass is 345 g/mol. The van der Waals surface area contributed by atoms with E-state index in [-0.39, 0.29) is 18.1 Å². The average Bonchev–Trinajstić information content (AvgIpc) is 2.42. The van der Waals surface area contributed by atoms with Gasteiger partial charge in [0.1, 0.15) is 0 Å². The van der Waals surface area contributed by atoms with Gasteiger partial charge in [-0.25, -0.2) is 8.42 Å². The molecule has 1 unspecified atom stereocenters. The molecular formula is C15H20ClNO4S. The highest BCUT2D eigenvalue weighted by molar-refractivity contribution is 7.90. The lowest BCUT2D eigenvalue weighted by atomic mass is 10.1. The molecule has 0 aromatic heterocycles. The third kappa shape index (κ3) is 5.26. The molecule has 0 bridgehead atoms. The maximum absolute atomic E-state index is 12.0. The molecule has 1 aromatic carbocycles. The van der Waals surface area contributed by atoms with E-state index in [1.807, 2.05) is 6.92 Å². The van der Waals surface area contributed by atoms with E-state index < -0.39 is 15.9 Å². The summed E-state index contributed by atoms with van der Waals surface area (Å²) in [4.78, 5) is 11.9. The summed E-state index contributed by atoms with van der Waals surface area (Å²) in [5, 5.41) is 0.563. The van der Waals surface area contributed by atoms with Crippen LogP contribution in [-0.4, -0.2) is 33.3 Å². The molecule has 1 aliphatic heterocycles. The second-order valence-corrected chi connectivity index (χ2v) is 7.82. The molecular weight excluding hydrogens is 326 g/mol. The lowest BCUT2D eigenvalue weighted by Crippen LogP contribution is -2.37.